The van der Waals surface area contributed by atoms with Gasteiger partial charge in [0.1, 0.15) is 9.46 Å². The maximum absolute atomic E-state index is 12.8. The summed E-state index contributed by atoms with van der Waals surface area (Å²) in [6, 6.07) is 6.66. The van der Waals surface area contributed by atoms with Crippen LogP contribution >= 0.6 is 22.7 Å². The largest absolute Gasteiger partial charge is 0.348 e. The van der Waals surface area contributed by atoms with Crippen molar-refractivity contribution in [2.24, 2.45) is 0 Å². The van der Waals surface area contributed by atoms with Gasteiger partial charge in [-0.3, -0.25) is 9.59 Å². The number of sulfone groups is 1. The Balaban J connectivity index is 2.20. The molecule has 2 heterocycles. The molecule has 0 aliphatic carbocycles. The molecule has 9 heteroatoms. The second kappa shape index (κ2) is 7.71. The van der Waals surface area contributed by atoms with Gasteiger partial charge in [-0.05, 0) is 29.8 Å². The van der Waals surface area contributed by atoms with Gasteiger partial charge >= 0.3 is 11.8 Å². The zero-order valence-corrected chi connectivity index (χ0v) is 14.8. The quantitative estimate of drug-likeness (QED) is 0.753. The summed E-state index contributed by atoms with van der Waals surface area (Å²) in [6.45, 7) is 1.87. The Morgan fingerprint density at radius 3 is 2.30 bits per heavy atom. The fourth-order valence-electron chi connectivity index (χ4n) is 1.91. The Morgan fingerprint density at radius 2 is 1.74 bits per heavy atom. The summed E-state index contributed by atoms with van der Waals surface area (Å²) in [5.74, 6) is -1.61. The second-order valence-corrected chi connectivity index (χ2v) is 8.83. The molecule has 23 heavy (non-hydrogen) atoms. The van der Waals surface area contributed by atoms with Crippen LogP contribution in [0.1, 0.15) is 17.1 Å². The van der Waals surface area contributed by atoms with Crippen LogP contribution in [0.25, 0.3) is 0 Å². The van der Waals surface area contributed by atoms with E-state index >= 15 is 0 Å². The normalized spacial score (nSPS) is 12.6. The van der Waals surface area contributed by atoms with Crippen molar-refractivity contribution in [3.63, 3.8) is 0 Å². The van der Waals surface area contributed by atoms with E-state index in [1.165, 1.54) is 17.4 Å². The van der Waals surface area contributed by atoms with Gasteiger partial charge in [0.15, 0.2) is 9.84 Å². The number of carbonyl (C=O) groups excluding carboxylic acids is 2. The summed E-state index contributed by atoms with van der Waals surface area (Å²) in [7, 11) is -3.63. The number of rotatable bonds is 6. The third-order valence-electron chi connectivity index (χ3n) is 3.00. The summed E-state index contributed by atoms with van der Waals surface area (Å²) in [5.41, 5.74) is 0. The summed E-state index contributed by atoms with van der Waals surface area (Å²) in [4.78, 5) is 23.8. The van der Waals surface area contributed by atoms with Crippen molar-refractivity contribution in [1.29, 1.82) is 0 Å². The molecule has 124 valence electrons. The van der Waals surface area contributed by atoms with E-state index < -0.39 is 26.9 Å². The average Bonchev–Trinajstić information content (AvgIpc) is 3.21. The molecule has 6 nitrogen and oxygen atoms in total. The first kappa shape index (κ1) is 17.6. The summed E-state index contributed by atoms with van der Waals surface area (Å²) >= 11 is 2.43. The SMILES string of the molecule is CCNC(=O)C(=O)NCC(c1cccs1)S(=O)(=O)c1cccs1. The van der Waals surface area contributed by atoms with E-state index in [1.807, 2.05) is 0 Å². The first-order valence-electron chi connectivity index (χ1n) is 6.83. The predicted molar refractivity (Wildman–Crippen MR) is 90.3 cm³/mol. The lowest BCUT2D eigenvalue weighted by atomic mass is 10.3. The van der Waals surface area contributed by atoms with Gasteiger partial charge in [0, 0.05) is 18.0 Å². The number of hydrogen-bond donors (Lipinski definition) is 2. The van der Waals surface area contributed by atoms with Gasteiger partial charge < -0.3 is 10.6 Å². The van der Waals surface area contributed by atoms with E-state index in [0.29, 0.717) is 11.4 Å². The van der Waals surface area contributed by atoms with Gasteiger partial charge in [-0.1, -0.05) is 12.1 Å². The van der Waals surface area contributed by atoms with E-state index in [2.05, 4.69) is 10.6 Å². The number of amides is 2. The van der Waals surface area contributed by atoms with Gasteiger partial charge in [0.05, 0.1) is 0 Å². The van der Waals surface area contributed by atoms with Gasteiger partial charge in [0.25, 0.3) is 0 Å². The van der Waals surface area contributed by atoms with Crippen LogP contribution in [0.3, 0.4) is 0 Å². The number of hydrogen-bond acceptors (Lipinski definition) is 6. The zero-order chi connectivity index (χ0) is 16.9. The van der Waals surface area contributed by atoms with E-state index in [1.54, 1.807) is 35.9 Å². The third kappa shape index (κ3) is 4.18. The molecular formula is C14H16N2O4S3. The predicted octanol–water partition coefficient (Wildman–Crippen LogP) is 1.58. The minimum atomic E-state index is -3.63. The van der Waals surface area contributed by atoms with Crippen LogP contribution in [-0.4, -0.2) is 33.3 Å². The van der Waals surface area contributed by atoms with Crippen molar-refractivity contribution >= 4 is 44.3 Å². The lowest BCUT2D eigenvalue weighted by Gasteiger charge is -2.16. The highest BCUT2D eigenvalue weighted by Gasteiger charge is 2.31. The fraction of sp³-hybridized carbons (Fsp3) is 0.286. The first-order chi connectivity index (χ1) is 11.0. The molecule has 2 aromatic heterocycles. The van der Waals surface area contributed by atoms with Crippen molar-refractivity contribution in [2.75, 3.05) is 13.1 Å². The van der Waals surface area contributed by atoms with Crippen LogP contribution in [0.2, 0.25) is 0 Å². The van der Waals surface area contributed by atoms with Crippen LogP contribution < -0.4 is 10.6 Å². The molecular weight excluding hydrogens is 356 g/mol. The lowest BCUT2D eigenvalue weighted by Crippen LogP contribution is -2.42. The monoisotopic (exact) mass is 372 g/mol. The highest BCUT2D eigenvalue weighted by molar-refractivity contribution is 7.93. The van der Waals surface area contributed by atoms with Crippen LogP contribution in [0.4, 0.5) is 0 Å². The molecule has 2 rings (SSSR count). The van der Waals surface area contributed by atoms with Crippen LogP contribution in [0.15, 0.2) is 39.2 Å². The molecule has 0 radical (unpaired) electrons. The second-order valence-electron chi connectivity index (χ2n) is 4.55. The van der Waals surface area contributed by atoms with Crippen LogP contribution in [-0.2, 0) is 19.4 Å². The summed E-state index contributed by atoms with van der Waals surface area (Å²) < 4.78 is 25.8. The molecule has 2 aromatic rings. The number of likely N-dealkylation sites (N-methyl/N-ethyl adjacent to an activating group) is 1. The zero-order valence-electron chi connectivity index (χ0n) is 12.3. The van der Waals surface area contributed by atoms with Gasteiger partial charge in [0.2, 0.25) is 0 Å². The first-order valence-corrected chi connectivity index (χ1v) is 10.1. The molecule has 2 N–H and O–H groups in total. The van der Waals surface area contributed by atoms with E-state index in [0.717, 1.165) is 11.3 Å². The van der Waals surface area contributed by atoms with Gasteiger partial charge in [-0.25, -0.2) is 8.42 Å². The highest BCUT2D eigenvalue weighted by Crippen LogP contribution is 2.33. The van der Waals surface area contributed by atoms with Gasteiger partial charge in [-0.15, -0.1) is 22.7 Å². The van der Waals surface area contributed by atoms with Crippen molar-refractivity contribution in [3.8, 4) is 0 Å². The van der Waals surface area contributed by atoms with Crippen LogP contribution in [0.5, 0.6) is 0 Å². The molecule has 0 aromatic carbocycles. The maximum atomic E-state index is 12.8. The highest BCUT2D eigenvalue weighted by atomic mass is 32.2. The molecule has 0 fully saturated rings. The van der Waals surface area contributed by atoms with E-state index in [9.17, 15) is 18.0 Å². The number of thiophene rings is 2. The summed E-state index contributed by atoms with van der Waals surface area (Å²) in [6.07, 6.45) is 0. The van der Waals surface area contributed by atoms with Crippen molar-refractivity contribution < 1.29 is 18.0 Å². The van der Waals surface area contributed by atoms with Crippen LogP contribution in [0, 0.1) is 0 Å². The Hall–Kier alpha value is -1.71. The smallest absolute Gasteiger partial charge is 0.309 e. The number of carbonyl (C=O) groups is 2. The van der Waals surface area contributed by atoms with E-state index in [-0.39, 0.29) is 10.8 Å². The standard InChI is InChI=1S/C14H16N2O4S3/c1-2-15-13(17)14(18)16-9-11(10-5-3-7-21-10)23(19,20)12-6-4-8-22-12/h3-8,11H,2,9H2,1H3,(H,15,17)(H,16,18). The summed E-state index contributed by atoms with van der Waals surface area (Å²) in [5, 5.41) is 7.32. The molecule has 0 aliphatic rings. The molecule has 0 saturated carbocycles. The van der Waals surface area contributed by atoms with Crippen molar-refractivity contribution in [1.82, 2.24) is 10.6 Å². The molecule has 0 spiro atoms. The van der Waals surface area contributed by atoms with Crippen molar-refractivity contribution in [3.05, 3.63) is 39.9 Å². The molecule has 0 saturated heterocycles. The maximum Gasteiger partial charge on any atom is 0.309 e. The van der Waals surface area contributed by atoms with E-state index in [4.69, 9.17) is 0 Å². The van der Waals surface area contributed by atoms with Crippen molar-refractivity contribution in [2.45, 2.75) is 16.4 Å². The average molecular weight is 372 g/mol. The molecule has 1 atom stereocenters. The Kier molecular flexibility index (Phi) is 5.91. The Labute approximate surface area is 142 Å². The minimum absolute atomic E-state index is 0.156. The topological polar surface area (TPSA) is 92.3 Å². The molecule has 2 amide bonds. The molecule has 1 unspecified atom stereocenters. The molecule has 0 aliphatic heterocycles. The fourth-order valence-corrected chi connectivity index (χ4v) is 5.90. The minimum Gasteiger partial charge on any atom is -0.348 e. The molecule has 0 bridgehead atoms. The Morgan fingerprint density at radius 1 is 1.09 bits per heavy atom. The Bertz CT molecular complexity index is 752. The lowest BCUT2D eigenvalue weighted by molar-refractivity contribution is -0.139. The third-order valence-corrected chi connectivity index (χ3v) is 7.65. The van der Waals surface area contributed by atoms with Gasteiger partial charge in [-0.2, -0.15) is 0 Å². The number of nitrogens with one attached hydrogen (secondary N) is 2.